The van der Waals surface area contributed by atoms with E-state index in [4.69, 9.17) is 22.1 Å². The molecule has 166 valence electrons. The van der Waals surface area contributed by atoms with Gasteiger partial charge in [-0.1, -0.05) is 35.9 Å². The van der Waals surface area contributed by atoms with Crippen LogP contribution in [0.4, 0.5) is 19.1 Å². The Morgan fingerprint density at radius 1 is 1.16 bits per heavy atom. The summed E-state index contributed by atoms with van der Waals surface area (Å²) in [5.74, 6) is -4.28. The van der Waals surface area contributed by atoms with E-state index >= 15 is 4.39 Å². The third kappa shape index (κ3) is 4.49. The fourth-order valence-electron chi connectivity index (χ4n) is 3.23. The second-order valence-electron chi connectivity index (χ2n) is 7.12. The van der Waals surface area contributed by atoms with Crippen molar-refractivity contribution in [3.63, 3.8) is 0 Å². The van der Waals surface area contributed by atoms with Crippen molar-refractivity contribution in [1.29, 1.82) is 0 Å². The lowest BCUT2D eigenvalue weighted by atomic mass is 10.0. The van der Waals surface area contributed by atoms with Gasteiger partial charge in [0.25, 0.3) is 5.92 Å². The van der Waals surface area contributed by atoms with E-state index in [1.54, 1.807) is 24.4 Å². The Morgan fingerprint density at radius 3 is 2.66 bits per heavy atom. The van der Waals surface area contributed by atoms with Gasteiger partial charge in [0.05, 0.1) is 6.61 Å². The first kappa shape index (κ1) is 21.9. The average molecular weight is 463 g/mol. The molecule has 0 aliphatic rings. The average Bonchev–Trinajstić information content (AvgIpc) is 3.14. The van der Waals surface area contributed by atoms with Gasteiger partial charge in [0.2, 0.25) is 5.95 Å². The van der Waals surface area contributed by atoms with Crippen molar-refractivity contribution in [1.82, 2.24) is 14.6 Å². The molecular weight excluding hydrogens is 445 g/mol. The van der Waals surface area contributed by atoms with E-state index in [9.17, 15) is 13.9 Å². The Kier molecular flexibility index (Phi) is 5.94. The van der Waals surface area contributed by atoms with Gasteiger partial charge in [0, 0.05) is 23.2 Å². The van der Waals surface area contributed by atoms with Gasteiger partial charge in [0.15, 0.2) is 17.2 Å². The first-order valence-electron chi connectivity index (χ1n) is 9.59. The minimum absolute atomic E-state index is 0.0251. The van der Waals surface area contributed by atoms with Crippen LogP contribution in [0.15, 0.2) is 60.8 Å². The Hall–Kier alpha value is -3.30. The molecule has 32 heavy (non-hydrogen) atoms. The summed E-state index contributed by atoms with van der Waals surface area (Å²) in [5.41, 5.74) is 6.73. The molecule has 4 aromatic rings. The molecule has 0 aliphatic heterocycles. The number of nitrogens with two attached hydrogens (primary N) is 1. The summed E-state index contributed by atoms with van der Waals surface area (Å²) >= 11 is 5.75. The first-order valence-corrected chi connectivity index (χ1v) is 9.97. The van der Waals surface area contributed by atoms with Crippen LogP contribution in [-0.4, -0.2) is 32.2 Å². The Labute approximate surface area is 186 Å². The van der Waals surface area contributed by atoms with Gasteiger partial charge in [-0.15, -0.1) is 5.10 Å². The Balaban J connectivity index is 1.47. The van der Waals surface area contributed by atoms with Crippen molar-refractivity contribution in [2.45, 2.75) is 18.4 Å². The number of nitrogen functional groups attached to an aromatic ring is 1. The molecule has 1 unspecified atom stereocenters. The second kappa shape index (κ2) is 8.68. The molecule has 0 saturated carbocycles. The summed E-state index contributed by atoms with van der Waals surface area (Å²) in [6, 6.07) is 13.1. The highest BCUT2D eigenvalue weighted by molar-refractivity contribution is 6.30. The van der Waals surface area contributed by atoms with Gasteiger partial charge in [-0.3, -0.25) is 0 Å². The van der Waals surface area contributed by atoms with E-state index in [1.807, 2.05) is 0 Å². The number of rotatable bonds is 7. The maximum Gasteiger partial charge on any atom is 0.280 e. The molecule has 1 atom stereocenters. The van der Waals surface area contributed by atoms with Crippen LogP contribution in [0, 0.1) is 5.82 Å². The summed E-state index contributed by atoms with van der Waals surface area (Å²) < 4.78 is 50.6. The molecule has 0 radical (unpaired) electrons. The molecule has 0 saturated heterocycles. The van der Waals surface area contributed by atoms with Gasteiger partial charge < -0.3 is 15.6 Å². The van der Waals surface area contributed by atoms with Gasteiger partial charge in [-0.05, 0) is 41.5 Å². The number of aliphatic hydroxyl groups excluding tert-OH is 1. The number of hydrogen-bond donors (Lipinski definition) is 2. The quantitative estimate of drug-likeness (QED) is 0.407. The highest BCUT2D eigenvalue weighted by atomic mass is 35.5. The topological polar surface area (TPSA) is 85.7 Å². The molecular formula is C22H18ClF3N4O2. The Morgan fingerprint density at radius 2 is 1.91 bits per heavy atom. The summed E-state index contributed by atoms with van der Waals surface area (Å²) in [7, 11) is 0. The van der Waals surface area contributed by atoms with Crippen LogP contribution in [-0.2, 0) is 0 Å². The fraction of sp³-hybridized carbons (Fsp3) is 0.182. The molecule has 0 spiro atoms. The maximum atomic E-state index is 15.0. The number of fused-ring (bicyclic) bond motifs is 1. The van der Waals surface area contributed by atoms with E-state index in [1.165, 1.54) is 40.9 Å². The molecule has 0 amide bonds. The summed E-state index contributed by atoms with van der Waals surface area (Å²) in [5, 5.41) is 14.4. The van der Waals surface area contributed by atoms with E-state index < -0.39 is 30.9 Å². The lowest BCUT2D eigenvalue weighted by molar-refractivity contribution is -0.120. The molecule has 4 rings (SSSR count). The van der Waals surface area contributed by atoms with Crippen molar-refractivity contribution in [2.24, 2.45) is 0 Å². The number of nitrogens with zero attached hydrogens (tertiary/aromatic N) is 3. The smallest absolute Gasteiger partial charge is 0.280 e. The normalized spacial score (nSPS) is 12.8. The minimum atomic E-state index is -3.49. The predicted octanol–water partition coefficient (Wildman–Crippen LogP) is 4.91. The van der Waals surface area contributed by atoms with E-state index in [0.717, 1.165) is 0 Å². The predicted molar refractivity (Wildman–Crippen MR) is 114 cm³/mol. The van der Waals surface area contributed by atoms with E-state index in [0.29, 0.717) is 16.2 Å². The number of halogens is 4. The summed E-state index contributed by atoms with van der Waals surface area (Å²) in [6.07, 6.45) is -1.27. The number of aromatic nitrogens is 3. The number of aliphatic hydroxyl groups is 1. The molecule has 6 nitrogen and oxygen atoms in total. The largest absolute Gasteiger partial charge is 0.490 e. The monoisotopic (exact) mass is 462 g/mol. The van der Waals surface area contributed by atoms with Crippen molar-refractivity contribution in [3.8, 4) is 16.9 Å². The second-order valence-corrected chi connectivity index (χ2v) is 7.56. The number of hydrogen-bond acceptors (Lipinski definition) is 5. The van der Waals surface area contributed by atoms with Gasteiger partial charge in [-0.25, -0.2) is 17.7 Å². The third-order valence-corrected chi connectivity index (χ3v) is 5.16. The van der Waals surface area contributed by atoms with Crippen LogP contribution in [0.2, 0.25) is 5.02 Å². The highest BCUT2D eigenvalue weighted by Gasteiger charge is 2.39. The number of alkyl halides is 2. The molecule has 0 bridgehead atoms. The molecule has 2 heterocycles. The highest BCUT2D eigenvalue weighted by Crippen LogP contribution is 2.35. The minimum Gasteiger partial charge on any atom is -0.490 e. The zero-order chi connectivity index (χ0) is 22.9. The molecule has 0 aliphatic carbocycles. The number of pyridine rings is 1. The summed E-state index contributed by atoms with van der Waals surface area (Å²) in [6.45, 7) is -0.502. The number of anilines is 1. The molecule has 0 fully saturated rings. The zero-order valence-electron chi connectivity index (χ0n) is 16.6. The molecule has 2 aromatic carbocycles. The van der Waals surface area contributed by atoms with Gasteiger partial charge >= 0.3 is 0 Å². The lowest BCUT2D eigenvalue weighted by Gasteiger charge is -2.23. The van der Waals surface area contributed by atoms with Crippen molar-refractivity contribution < 1.29 is 23.0 Å². The molecule has 3 N–H and O–H groups in total. The van der Waals surface area contributed by atoms with Crippen LogP contribution in [0.25, 0.3) is 16.8 Å². The maximum absolute atomic E-state index is 15.0. The Bertz CT molecular complexity index is 1250. The van der Waals surface area contributed by atoms with E-state index in [-0.39, 0.29) is 22.8 Å². The van der Waals surface area contributed by atoms with Crippen LogP contribution < -0.4 is 10.5 Å². The number of ether oxygens (including phenoxy) is 1. The fourth-order valence-corrected chi connectivity index (χ4v) is 3.36. The molecule has 2 aromatic heterocycles. The van der Waals surface area contributed by atoms with Gasteiger partial charge in [-0.2, -0.15) is 4.98 Å². The zero-order valence-corrected chi connectivity index (χ0v) is 17.3. The van der Waals surface area contributed by atoms with Crippen LogP contribution >= 0.6 is 11.6 Å². The first-order chi connectivity index (χ1) is 15.2. The third-order valence-electron chi connectivity index (χ3n) is 4.91. The SMILES string of the molecule is Nc1nc2cc(-c3cccc(OCCC(F)(F)C(O)c4ccc(Cl)cc4)c3F)ccn2n1. The number of benzene rings is 2. The van der Waals surface area contributed by atoms with E-state index in [2.05, 4.69) is 10.1 Å². The summed E-state index contributed by atoms with van der Waals surface area (Å²) in [4.78, 5) is 4.04. The van der Waals surface area contributed by atoms with Crippen molar-refractivity contribution >= 4 is 23.2 Å². The standard InChI is InChI=1S/C22H18ClF3N4O2/c23-15-6-4-13(5-7-15)20(31)22(25,26)9-11-32-17-3-1-2-16(19(17)24)14-8-10-30-18(12-14)28-21(27)29-30/h1-8,10,12,20,31H,9,11H2,(H2,27,29). The van der Waals surface area contributed by atoms with Crippen molar-refractivity contribution in [2.75, 3.05) is 12.3 Å². The lowest BCUT2D eigenvalue weighted by Crippen LogP contribution is -2.28. The van der Waals surface area contributed by atoms with Gasteiger partial charge in [0.1, 0.15) is 6.10 Å². The molecule has 10 heteroatoms. The van der Waals surface area contributed by atoms with Crippen LogP contribution in [0.1, 0.15) is 18.1 Å². The van der Waals surface area contributed by atoms with Crippen LogP contribution in [0.3, 0.4) is 0 Å². The van der Waals surface area contributed by atoms with Crippen LogP contribution in [0.5, 0.6) is 5.75 Å². The van der Waals surface area contributed by atoms with Crippen molar-refractivity contribution in [3.05, 3.63) is 77.2 Å².